The molecule has 0 spiro atoms. The van der Waals surface area contributed by atoms with Crippen molar-refractivity contribution in [2.75, 3.05) is 0 Å². The third-order valence-corrected chi connectivity index (χ3v) is 3.00. The van der Waals surface area contributed by atoms with Crippen LogP contribution >= 0.6 is 15.9 Å². The molecule has 0 aliphatic heterocycles. The molecule has 1 unspecified atom stereocenters. The first-order valence-electron chi connectivity index (χ1n) is 5.42. The van der Waals surface area contributed by atoms with Gasteiger partial charge in [-0.2, -0.15) is 5.10 Å². The van der Waals surface area contributed by atoms with E-state index in [2.05, 4.69) is 26.0 Å². The molecule has 0 saturated heterocycles. The number of ketones is 1. The molecule has 0 saturated carbocycles. The zero-order valence-corrected chi connectivity index (χ0v) is 11.5. The minimum atomic E-state index is -0.641. The molecule has 1 atom stereocenters. The van der Waals surface area contributed by atoms with Gasteiger partial charge in [0.2, 0.25) is 0 Å². The summed E-state index contributed by atoms with van der Waals surface area (Å²) in [6.07, 6.45) is 6.97. The van der Waals surface area contributed by atoms with Crippen molar-refractivity contribution in [3.63, 3.8) is 0 Å². The molecule has 2 rings (SSSR count). The molecule has 0 aliphatic carbocycles. The molecule has 2 aromatic rings. The lowest BCUT2D eigenvalue weighted by Crippen LogP contribution is -2.22. The summed E-state index contributed by atoms with van der Waals surface area (Å²) in [5.41, 5.74) is 7.47. The fraction of sp³-hybridized carbons (Fsp3) is 0.250. The Bertz CT molecular complexity index is 567. The molecule has 2 heterocycles. The van der Waals surface area contributed by atoms with Crippen LogP contribution in [0.15, 0.2) is 35.3 Å². The largest absolute Gasteiger partial charge is 0.318 e. The summed E-state index contributed by atoms with van der Waals surface area (Å²) in [5.74, 6) is -0.0529. The number of aryl methyl sites for hydroxylation is 1. The van der Waals surface area contributed by atoms with Crippen LogP contribution in [0, 0.1) is 0 Å². The summed E-state index contributed by atoms with van der Waals surface area (Å²) in [6.45, 7) is 0. The van der Waals surface area contributed by atoms with Crippen molar-refractivity contribution in [2.45, 2.75) is 12.5 Å². The van der Waals surface area contributed by atoms with Crippen LogP contribution in [-0.2, 0) is 18.3 Å². The van der Waals surface area contributed by atoms with Crippen LogP contribution in [0.25, 0.3) is 0 Å². The number of hydrogen-bond acceptors (Lipinski definition) is 4. The van der Waals surface area contributed by atoms with E-state index in [9.17, 15) is 4.79 Å². The quantitative estimate of drug-likeness (QED) is 0.926. The number of carbonyl (C=O) groups excluding carboxylic acids is 1. The van der Waals surface area contributed by atoms with Crippen molar-refractivity contribution >= 4 is 21.7 Å². The Morgan fingerprint density at radius 2 is 2.28 bits per heavy atom. The molecule has 5 nitrogen and oxygen atoms in total. The Hall–Kier alpha value is -1.53. The van der Waals surface area contributed by atoms with Gasteiger partial charge in [0.1, 0.15) is 0 Å². The van der Waals surface area contributed by atoms with Crippen LogP contribution in [0.3, 0.4) is 0 Å². The van der Waals surface area contributed by atoms with Crippen molar-refractivity contribution in [2.24, 2.45) is 12.8 Å². The van der Waals surface area contributed by atoms with Gasteiger partial charge < -0.3 is 5.73 Å². The van der Waals surface area contributed by atoms with Gasteiger partial charge in [-0.15, -0.1) is 0 Å². The first kappa shape index (κ1) is 12.9. The third kappa shape index (κ3) is 3.02. The Morgan fingerprint density at radius 1 is 1.50 bits per heavy atom. The van der Waals surface area contributed by atoms with Gasteiger partial charge in [-0.3, -0.25) is 14.5 Å². The van der Waals surface area contributed by atoms with Crippen LogP contribution < -0.4 is 5.73 Å². The van der Waals surface area contributed by atoms with E-state index in [1.54, 1.807) is 36.5 Å². The number of pyridine rings is 1. The molecule has 6 heteroatoms. The van der Waals surface area contributed by atoms with E-state index < -0.39 is 6.04 Å². The van der Waals surface area contributed by atoms with Crippen molar-refractivity contribution in [3.8, 4) is 0 Å². The van der Waals surface area contributed by atoms with Crippen molar-refractivity contribution < 1.29 is 4.79 Å². The number of Topliss-reactive ketones (excluding diaryl/α,β-unsaturated/α-hetero) is 1. The van der Waals surface area contributed by atoms with E-state index in [1.807, 2.05) is 6.07 Å². The second-order valence-electron chi connectivity index (χ2n) is 4.08. The molecule has 2 N–H and O–H groups in total. The highest BCUT2D eigenvalue weighted by molar-refractivity contribution is 9.10. The molecule has 94 valence electrons. The normalized spacial score (nSPS) is 12.4. The van der Waals surface area contributed by atoms with Crippen LogP contribution in [-0.4, -0.2) is 20.5 Å². The van der Waals surface area contributed by atoms with E-state index in [1.165, 1.54) is 0 Å². The van der Waals surface area contributed by atoms with Gasteiger partial charge in [0.25, 0.3) is 0 Å². The molecule has 0 fully saturated rings. The van der Waals surface area contributed by atoms with Gasteiger partial charge in [0.15, 0.2) is 5.78 Å². The van der Waals surface area contributed by atoms with Crippen LogP contribution in [0.5, 0.6) is 0 Å². The van der Waals surface area contributed by atoms with Crippen LogP contribution in [0.2, 0.25) is 0 Å². The number of nitrogens with zero attached hydrogens (tertiary/aromatic N) is 3. The monoisotopic (exact) mass is 308 g/mol. The van der Waals surface area contributed by atoms with Crippen LogP contribution in [0.1, 0.15) is 17.2 Å². The fourth-order valence-corrected chi connectivity index (χ4v) is 2.06. The highest BCUT2D eigenvalue weighted by atomic mass is 79.9. The maximum Gasteiger partial charge on any atom is 0.158 e. The Morgan fingerprint density at radius 3 is 2.89 bits per heavy atom. The topological polar surface area (TPSA) is 73.8 Å². The average molecular weight is 309 g/mol. The Labute approximate surface area is 113 Å². The van der Waals surface area contributed by atoms with Gasteiger partial charge in [-0.25, -0.2) is 0 Å². The first-order valence-corrected chi connectivity index (χ1v) is 6.22. The Kier molecular flexibility index (Phi) is 3.88. The predicted octanol–water partition coefficient (Wildman–Crippen LogP) is 1.39. The van der Waals surface area contributed by atoms with Gasteiger partial charge in [-0.05, 0) is 27.6 Å². The van der Waals surface area contributed by atoms with Gasteiger partial charge in [-0.1, -0.05) is 0 Å². The Balaban J connectivity index is 2.08. The molecule has 2 aromatic heterocycles. The van der Waals surface area contributed by atoms with Crippen molar-refractivity contribution in [3.05, 3.63) is 46.5 Å². The molecule has 0 amide bonds. The number of carbonyl (C=O) groups is 1. The van der Waals surface area contributed by atoms with E-state index in [4.69, 9.17) is 5.73 Å². The summed E-state index contributed by atoms with van der Waals surface area (Å²) < 4.78 is 2.48. The van der Waals surface area contributed by atoms with E-state index in [0.29, 0.717) is 0 Å². The molecule has 0 aliphatic rings. The van der Waals surface area contributed by atoms with E-state index >= 15 is 0 Å². The lowest BCUT2D eigenvalue weighted by Gasteiger charge is -2.08. The van der Waals surface area contributed by atoms with Crippen molar-refractivity contribution in [1.29, 1.82) is 0 Å². The third-order valence-electron chi connectivity index (χ3n) is 2.57. The molecular weight excluding hydrogens is 296 g/mol. The second-order valence-corrected chi connectivity index (χ2v) is 5.00. The number of rotatable bonds is 4. The molecular formula is C12H13BrN4O. The summed E-state index contributed by atoms with van der Waals surface area (Å²) >= 11 is 3.32. The highest BCUT2D eigenvalue weighted by Crippen LogP contribution is 2.15. The number of halogens is 1. The SMILES string of the molecule is Cn1cc(C(N)C(=O)Cc2cncc(Br)c2)cn1. The minimum absolute atomic E-state index is 0.0529. The second kappa shape index (κ2) is 5.41. The van der Waals surface area contributed by atoms with E-state index in [-0.39, 0.29) is 12.2 Å². The average Bonchev–Trinajstić information content (AvgIpc) is 2.75. The lowest BCUT2D eigenvalue weighted by molar-refractivity contribution is -0.119. The summed E-state index contributed by atoms with van der Waals surface area (Å²) in [7, 11) is 1.79. The van der Waals surface area contributed by atoms with Crippen LogP contribution in [0.4, 0.5) is 0 Å². The van der Waals surface area contributed by atoms with Crippen molar-refractivity contribution in [1.82, 2.24) is 14.8 Å². The highest BCUT2D eigenvalue weighted by Gasteiger charge is 2.17. The number of nitrogens with two attached hydrogens (primary N) is 1. The smallest absolute Gasteiger partial charge is 0.158 e. The summed E-state index contributed by atoms with van der Waals surface area (Å²) in [4.78, 5) is 16.0. The standard InChI is InChI=1S/C12H13BrN4O/c1-17-7-9(5-16-17)12(14)11(18)3-8-2-10(13)6-15-4-8/h2,4-7,12H,3,14H2,1H3. The maximum atomic E-state index is 12.0. The zero-order valence-electron chi connectivity index (χ0n) is 9.88. The molecule has 0 bridgehead atoms. The summed E-state index contributed by atoms with van der Waals surface area (Å²) in [6, 6.07) is 1.22. The van der Waals surface area contributed by atoms with E-state index in [0.717, 1.165) is 15.6 Å². The van der Waals surface area contributed by atoms with Gasteiger partial charge in [0, 0.05) is 42.1 Å². The molecule has 18 heavy (non-hydrogen) atoms. The summed E-state index contributed by atoms with van der Waals surface area (Å²) in [5, 5.41) is 4.01. The van der Waals surface area contributed by atoms with Gasteiger partial charge >= 0.3 is 0 Å². The lowest BCUT2D eigenvalue weighted by atomic mass is 10.0. The number of hydrogen-bond donors (Lipinski definition) is 1. The predicted molar refractivity (Wildman–Crippen MR) is 70.8 cm³/mol. The minimum Gasteiger partial charge on any atom is -0.318 e. The molecule has 0 aromatic carbocycles. The zero-order chi connectivity index (χ0) is 13.1. The number of aromatic nitrogens is 3. The fourth-order valence-electron chi connectivity index (χ4n) is 1.65. The molecule has 0 radical (unpaired) electrons. The maximum absolute atomic E-state index is 12.0. The first-order chi connectivity index (χ1) is 8.56. The van der Waals surface area contributed by atoms with Gasteiger partial charge in [0.05, 0.1) is 12.2 Å².